The van der Waals surface area contributed by atoms with Crippen molar-refractivity contribution in [2.75, 3.05) is 26.2 Å². The zero-order chi connectivity index (χ0) is 19.4. The fourth-order valence-electron chi connectivity index (χ4n) is 7.46. The van der Waals surface area contributed by atoms with Crippen molar-refractivity contribution in [3.63, 3.8) is 0 Å². The molecule has 0 aromatic heterocycles. The van der Waals surface area contributed by atoms with E-state index in [1.807, 2.05) is 18.7 Å². The number of likely N-dealkylation sites (tertiary alicyclic amines) is 2. The largest absolute Gasteiger partial charge is 0.342 e. The molecule has 4 aliphatic carbocycles. The Labute approximate surface area is 169 Å². The highest BCUT2D eigenvalue weighted by Gasteiger charge is 2.52. The van der Waals surface area contributed by atoms with Gasteiger partial charge < -0.3 is 9.80 Å². The molecule has 154 valence electrons. The van der Waals surface area contributed by atoms with Crippen LogP contribution in [0.15, 0.2) is 11.6 Å². The van der Waals surface area contributed by atoms with E-state index in [9.17, 15) is 9.59 Å². The van der Waals surface area contributed by atoms with Gasteiger partial charge in [0.1, 0.15) is 0 Å². The normalized spacial score (nSPS) is 39.6. The predicted molar refractivity (Wildman–Crippen MR) is 109 cm³/mol. The van der Waals surface area contributed by atoms with Crippen molar-refractivity contribution in [1.29, 1.82) is 0 Å². The van der Waals surface area contributed by atoms with Gasteiger partial charge in [-0.2, -0.15) is 0 Å². The van der Waals surface area contributed by atoms with Crippen LogP contribution in [0.5, 0.6) is 0 Å². The van der Waals surface area contributed by atoms with Crippen molar-refractivity contribution in [3.8, 4) is 0 Å². The van der Waals surface area contributed by atoms with Gasteiger partial charge in [-0.25, -0.2) is 0 Å². The van der Waals surface area contributed by atoms with Gasteiger partial charge in [-0.15, -0.1) is 0 Å². The molecule has 4 saturated carbocycles. The summed E-state index contributed by atoms with van der Waals surface area (Å²) in [6.07, 6.45) is 10.9. The Kier molecular flexibility index (Phi) is 4.79. The van der Waals surface area contributed by atoms with Crippen LogP contribution in [-0.4, -0.2) is 47.8 Å². The summed E-state index contributed by atoms with van der Waals surface area (Å²) in [6.45, 7) is 7.62. The summed E-state index contributed by atoms with van der Waals surface area (Å²) >= 11 is 0. The smallest absolute Gasteiger partial charge is 0.246 e. The molecule has 28 heavy (non-hydrogen) atoms. The number of amides is 2. The van der Waals surface area contributed by atoms with Gasteiger partial charge in [-0.3, -0.25) is 9.59 Å². The molecule has 6 fully saturated rings. The van der Waals surface area contributed by atoms with Crippen molar-refractivity contribution >= 4 is 11.8 Å². The van der Waals surface area contributed by atoms with E-state index in [-0.39, 0.29) is 5.91 Å². The maximum absolute atomic E-state index is 13.5. The number of carbonyl (C=O) groups excluding carboxylic acids is 2. The minimum absolute atomic E-state index is 0.161. The van der Waals surface area contributed by atoms with Crippen LogP contribution in [0.25, 0.3) is 0 Å². The van der Waals surface area contributed by atoms with Crippen LogP contribution in [0.1, 0.15) is 58.8 Å². The van der Waals surface area contributed by atoms with Crippen LogP contribution in [0.3, 0.4) is 0 Å². The van der Waals surface area contributed by atoms with Crippen LogP contribution < -0.4 is 0 Å². The molecule has 0 spiro atoms. The quantitative estimate of drug-likeness (QED) is 0.696. The third-order valence-corrected chi connectivity index (χ3v) is 8.58. The molecule has 0 aromatic carbocycles. The molecule has 1 unspecified atom stereocenters. The van der Waals surface area contributed by atoms with Crippen LogP contribution in [-0.2, 0) is 9.59 Å². The van der Waals surface area contributed by atoms with E-state index >= 15 is 0 Å². The van der Waals surface area contributed by atoms with Gasteiger partial charge in [0, 0.05) is 38.2 Å². The molecular weight excluding hydrogens is 348 g/mol. The monoisotopic (exact) mass is 384 g/mol. The number of hydrogen-bond donors (Lipinski definition) is 0. The summed E-state index contributed by atoms with van der Waals surface area (Å²) in [5.74, 6) is 5.40. The Hall–Kier alpha value is -1.32. The molecule has 4 nitrogen and oxygen atoms in total. The zero-order valence-electron chi connectivity index (χ0n) is 17.6. The fourth-order valence-corrected chi connectivity index (χ4v) is 7.46. The van der Waals surface area contributed by atoms with E-state index in [4.69, 9.17) is 0 Å². The van der Waals surface area contributed by atoms with Gasteiger partial charge in [0.05, 0.1) is 0 Å². The third kappa shape index (κ3) is 3.31. The minimum Gasteiger partial charge on any atom is -0.342 e. The first-order chi connectivity index (χ1) is 13.5. The summed E-state index contributed by atoms with van der Waals surface area (Å²) in [5.41, 5.74) is 1.07. The van der Waals surface area contributed by atoms with Crippen LogP contribution in [0.2, 0.25) is 0 Å². The van der Waals surface area contributed by atoms with Crippen molar-refractivity contribution < 1.29 is 9.59 Å². The Bertz CT molecular complexity index is 646. The molecule has 1 atom stereocenters. The second-order valence-corrected chi connectivity index (χ2v) is 10.9. The summed E-state index contributed by atoms with van der Waals surface area (Å²) in [7, 11) is 0. The molecule has 6 rings (SSSR count). The van der Waals surface area contributed by atoms with E-state index in [0.717, 1.165) is 50.0 Å². The van der Waals surface area contributed by atoms with E-state index in [1.165, 1.54) is 38.5 Å². The molecule has 2 aliphatic heterocycles. The van der Waals surface area contributed by atoms with E-state index in [1.54, 1.807) is 6.08 Å². The molecule has 4 heteroatoms. The van der Waals surface area contributed by atoms with Gasteiger partial charge in [0.2, 0.25) is 11.8 Å². The molecule has 2 amide bonds. The Morgan fingerprint density at radius 3 is 2.00 bits per heavy atom. The van der Waals surface area contributed by atoms with Crippen molar-refractivity contribution in [2.45, 2.75) is 58.8 Å². The van der Waals surface area contributed by atoms with Crippen molar-refractivity contribution in [2.24, 2.45) is 41.4 Å². The molecule has 0 radical (unpaired) electrons. The Morgan fingerprint density at radius 2 is 1.39 bits per heavy atom. The van der Waals surface area contributed by atoms with Gasteiger partial charge in [-0.05, 0) is 94.3 Å². The van der Waals surface area contributed by atoms with Crippen LogP contribution >= 0.6 is 0 Å². The highest BCUT2D eigenvalue weighted by atomic mass is 16.2. The molecule has 2 saturated heterocycles. The van der Waals surface area contributed by atoms with Gasteiger partial charge in [0.25, 0.3) is 0 Å². The van der Waals surface area contributed by atoms with Gasteiger partial charge >= 0.3 is 0 Å². The third-order valence-electron chi connectivity index (χ3n) is 8.58. The van der Waals surface area contributed by atoms with E-state index in [0.29, 0.717) is 35.5 Å². The Morgan fingerprint density at radius 1 is 0.786 bits per heavy atom. The maximum atomic E-state index is 13.5. The predicted octanol–water partition coefficient (Wildman–Crippen LogP) is 3.72. The maximum Gasteiger partial charge on any atom is 0.246 e. The van der Waals surface area contributed by atoms with E-state index in [2.05, 4.69) is 4.90 Å². The lowest BCUT2D eigenvalue weighted by Crippen LogP contribution is -2.57. The number of allylic oxidation sites excluding steroid dienone is 1. The summed E-state index contributed by atoms with van der Waals surface area (Å²) in [4.78, 5) is 29.9. The molecule has 0 aromatic rings. The number of hydrogen-bond acceptors (Lipinski definition) is 2. The zero-order valence-corrected chi connectivity index (χ0v) is 17.6. The van der Waals surface area contributed by atoms with Crippen molar-refractivity contribution in [3.05, 3.63) is 11.6 Å². The molecular formula is C24H36N2O2. The average molecular weight is 385 g/mol. The molecule has 2 heterocycles. The highest BCUT2D eigenvalue weighted by Crippen LogP contribution is 2.57. The number of nitrogens with zero attached hydrogens (tertiary/aromatic N) is 2. The second kappa shape index (κ2) is 7.18. The van der Waals surface area contributed by atoms with Gasteiger partial charge in [-0.1, -0.05) is 5.57 Å². The highest BCUT2D eigenvalue weighted by molar-refractivity contribution is 5.88. The van der Waals surface area contributed by atoms with Crippen LogP contribution in [0.4, 0.5) is 0 Å². The standard InChI is InChI=1S/C24H36N2O2/c1-15(2)6-22(27)26-13-21(14-26)18-4-3-5-25(12-18)24(28)23-19-8-16-7-17(10-19)11-20(23)9-16/h6,16-21,23H,3-5,7-14H2,1-2H3. The topological polar surface area (TPSA) is 40.6 Å². The first-order valence-corrected chi connectivity index (χ1v) is 11.7. The molecule has 4 bridgehead atoms. The molecule has 0 N–H and O–H groups in total. The summed E-state index contributed by atoms with van der Waals surface area (Å²) in [6, 6.07) is 0. The minimum atomic E-state index is 0.161. The second-order valence-electron chi connectivity index (χ2n) is 10.9. The lowest BCUT2D eigenvalue weighted by Gasteiger charge is -2.55. The molecule has 6 aliphatic rings. The number of carbonyl (C=O) groups is 2. The SMILES string of the molecule is CC(C)=CC(=O)N1CC(C2CCCN(C(=O)C3C4CC5CC(C4)CC3C5)C2)C1. The lowest BCUT2D eigenvalue weighted by molar-refractivity contribution is -0.152. The van der Waals surface area contributed by atoms with Crippen LogP contribution in [0, 0.1) is 41.4 Å². The average Bonchev–Trinajstić information content (AvgIpc) is 2.59. The van der Waals surface area contributed by atoms with Crippen molar-refractivity contribution in [1.82, 2.24) is 9.80 Å². The summed E-state index contributed by atoms with van der Waals surface area (Å²) < 4.78 is 0. The number of rotatable bonds is 3. The first-order valence-electron chi connectivity index (χ1n) is 11.7. The van der Waals surface area contributed by atoms with Gasteiger partial charge in [0.15, 0.2) is 0 Å². The lowest BCUT2D eigenvalue weighted by atomic mass is 9.51. The fraction of sp³-hybridized carbons (Fsp3) is 0.833. The number of piperidine rings is 1. The Balaban J connectivity index is 1.18. The first kappa shape index (κ1) is 18.7. The van der Waals surface area contributed by atoms with E-state index < -0.39 is 0 Å². The summed E-state index contributed by atoms with van der Waals surface area (Å²) in [5, 5.41) is 0.